The molecule has 0 radical (unpaired) electrons. The molecule has 3 aromatic heterocycles. The third-order valence-corrected chi connectivity index (χ3v) is 7.67. The van der Waals surface area contributed by atoms with Crippen LogP contribution in [0.5, 0.6) is 0 Å². The molecule has 1 aromatic carbocycles. The van der Waals surface area contributed by atoms with Crippen LogP contribution in [0.4, 0.5) is 11.6 Å². The van der Waals surface area contributed by atoms with Crippen molar-refractivity contribution in [3.63, 3.8) is 0 Å². The largest absolute Gasteiger partial charge is 0.324 e. The lowest BCUT2D eigenvalue weighted by Gasteiger charge is -2.47. The predicted molar refractivity (Wildman–Crippen MR) is 142 cm³/mol. The van der Waals surface area contributed by atoms with Gasteiger partial charge in [0.15, 0.2) is 5.65 Å². The van der Waals surface area contributed by atoms with Crippen molar-refractivity contribution in [1.82, 2.24) is 29.6 Å². The fourth-order valence-electron chi connectivity index (χ4n) is 5.58. The van der Waals surface area contributed by atoms with Gasteiger partial charge in [0.25, 0.3) is 5.56 Å². The lowest BCUT2D eigenvalue weighted by molar-refractivity contribution is 0.176. The zero-order chi connectivity index (χ0) is 25.1. The van der Waals surface area contributed by atoms with E-state index in [-0.39, 0.29) is 16.5 Å². The van der Waals surface area contributed by atoms with Crippen molar-refractivity contribution in [2.75, 3.05) is 11.9 Å². The standard InChI is InChI=1S/C28H33N7O/c1-5-34-25(36)21-17-30-26(33-24(21)35(34)20-10-13-29-23(16-20)27(2,3)4)32-19-7-8-22-18(15-19)9-14-31-28(22)11-6-12-28/h7-8,10,13,15-17,31H,5-6,9,11-12,14H2,1-4H3,(H,30,32,33). The van der Waals surface area contributed by atoms with Crippen molar-refractivity contribution in [1.29, 1.82) is 0 Å². The minimum absolute atomic E-state index is 0.0970. The molecule has 186 valence electrons. The van der Waals surface area contributed by atoms with Crippen LogP contribution >= 0.6 is 0 Å². The van der Waals surface area contributed by atoms with Crippen molar-refractivity contribution >= 4 is 22.7 Å². The Kier molecular flexibility index (Phi) is 5.26. The van der Waals surface area contributed by atoms with Crippen LogP contribution in [0.2, 0.25) is 0 Å². The Morgan fingerprint density at radius 1 is 1.14 bits per heavy atom. The molecule has 0 saturated heterocycles. The summed E-state index contributed by atoms with van der Waals surface area (Å²) in [6.45, 7) is 9.89. The lowest BCUT2D eigenvalue weighted by Crippen LogP contribution is -2.51. The fraction of sp³-hybridized carbons (Fsp3) is 0.429. The number of benzene rings is 1. The molecule has 4 heterocycles. The summed E-state index contributed by atoms with van der Waals surface area (Å²) in [5, 5.41) is 7.63. The molecule has 1 fully saturated rings. The molecule has 0 bridgehead atoms. The van der Waals surface area contributed by atoms with Gasteiger partial charge >= 0.3 is 0 Å². The van der Waals surface area contributed by atoms with Gasteiger partial charge in [-0.1, -0.05) is 26.8 Å². The molecule has 8 heteroatoms. The molecule has 6 rings (SSSR count). The van der Waals surface area contributed by atoms with Gasteiger partial charge in [0.2, 0.25) is 5.95 Å². The van der Waals surface area contributed by atoms with Crippen molar-refractivity contribution < 1.29 is 0 Å². The highest BCUT2D eigenvalue weighted by atomic mass is 16.1. The highest BCUT2D eigenvalue weighted by molar-refractivity contribution is 5.77. The topological polar surface area (TPSA) is 89.7 Å². The first-order chi connectivity index (χ1) is 17.3. The molecule has 4 aromatic rings. The normalized spacial score (nSPS) is 16.7. The number of nitrogens with zero attached hydrogens (tertiary/aromatic N) is 5. The van der Waals surface area contributed by atoms with Gasteiger partial charge in [0, 0.05) is 47.8 Å². The maximum absolute atomic E-state index is 13.2. The van der Waals surface area contributed by atoms with Gasteiger partial charge in [-0.2, -0.15) is 4.98 Å². The molecule has 0 amide bonds. The maximum Gasteiger partial charge on any atom is 0.278 e. The number of anilines is 2. The molecular weight excluding hydrogens is 450 g/mol. The second-order valence-corrected chi connectivity index (χ2v) is 11.0. The van der Waals surface area contributed by atoms with Gasteiger partial charge in [0.05, 0.1) is 5.69 Å². The van der Waals surface area contributed by atoms with Gasteiger partial charge in [-0.15, -0.1) is 0 Å². The van der Waals surface area contributed by atoms with Crippen molar-refractivity contribution in [2.45, 2.75) is 70.9 Å². The summed E-state index contributed by atoms with van der Waals surface area (Å²) < 4.78 is 3.59. The third-order valence-electron chi connectivity index (χ3n) is 7.67. The Morgan fingerprint density at radius 3 is 2.69 bits per heavy atom. The van der Waals surface area contributed by atoms with Gasteiger partial charge in [-0.25, -0.2) is 14.3 Å². The quantitative estimate of drug-likeness (QED) is 0.442. The zero-order valence-electron chi connectivity index (χ0n) is 21.4. The molecule has 2 N–H and O–H groups in total. The molecule has 8 nitrogen and oxygen atoms in total. The number of hydrogen-bond acceptors (Lipinski definition) is 6. The Bertz CT molecular complexity index is 1520. The average Bonchev–Trinajstić information content (AvgIpc) is 3.12. The lowest BCUT2D eigenvalue weighted by atomic mass is 9.68. The van der Waals surface area contributed by atoms with Gasteiger partial charge in [0.1, 0.15) is 5.39 Å². The minimum atomic E-state index is -0.113. The van der Waals surface area contributed by atoms with E-state index in [0.29, 0.717) is 23.5 Å². The Hall–Kier alpha value is -3.52. The smallest absolute Gasteiger partial charge is 0.278 e. The Morgan fingerprint density at radius 2 is 1.97 bits per heavy atom. The summed E-state index contributed by atoms with van der Waals surface area (Å²) in [7, 11) is 0. The van der Waals surface area contributed by atoms with E-state index in [2.05, 4.69) is 59.6 Å². The highest BCUT2D eigenvalue weighted by Crippen LogP contribution is 2.45. The Labute approximate surface area is 210 Å². The predicted octanol–water partition coefficient (Wildman–Crippen LogP) is 4.56. The van der Waals surface area contributed by atoms with Crippen LogP contribution in [-0.4, -0.2) is 30.9 Å². The summed E-state index contributed by atoms with van der Waals surface area (Å²) in [6.07, 6.45) is 8.16. The van der Waals surface area contributed by atoms with Crippen LogP contribution < -0.4 is 16.2 Å². The van der Waals surface area contributed by atoms with Crippen molar-refractivity contribution in [3.05, 3.63) is 69.9 Å². The summed E-state index contributed by atoms with van der Waals surface area (Å²) in [4.78, 5) is 27.1. The first kappa shape index (κ1) is 22.9. The van der Waals surface area contributed by atoms with Gasteiger partial charge in [-0.05, 0) is 68.0 Å². The number of fused-ring (bicyclic) bond motifs is 3. The van der Waals surface area contributed by atoms with Crippen LogP contribution in [0.15, 0.2) is 47.5 Å². The summed E-state index contributed by atoms with van der Waals surface area (Å²) >= 11 is 0. The summed E-state index contributed by atoms with van der Waals surface area (Å²) in [5.74, 6) is 0.474. The number of nitrogens with one attached hydrogen (secondary N) is 2. The molecule has 36 heavy (non-hydrogen) atoms. The van der Waals surface area contributed by atoms with E-state index in [9.17, 15) is 4.79 Å². The number of pyridine rings is 1. The monoisotopic (exact) mass is 483 g/mol. The van der Waals surface area contributed by atoms with Crippen molar-refractivity contribution in [3.8, 4) is 5.69 Å². The first-order valence-electron chi connectivity index (χ1n) is 12.9. The first-order valence-corrected chi connectivity index (χ1v) is 12.9. The number of aromatic nitrogens is 5. The van der Waals surface area contributed by atoms with Crippen LogP contribution in [0, 0.1) is 0 Å². The molecule has 0 atom stereocenters. The van der Waals surface area contributed by atoms with E-state index in [4.69, 9.17) is 4.98 Å². The van der Waals surface area contributed by atoms with E-state index in [1.165, 1.54) is 30.4 Å². The second-order valence-electron chi connectivity index (χ2n) is 11.0. The van der Waals surface area contributed by atoms with Crippen molar-refractivity contribution in [2.24, 2.45) is 0 Å². The summed E-state index contributed by atoms with van der Waals surface area (Å²) in [6, 6.07) is 10.5. The third kappa shape index (κ3) is 3.63. The fourth-order valence-corrected chi connectivity index (χ4v) is 5.58. The molecule has 1 aliphatic heterocycles. The number of hydrogen-bond donors (Lipinski definition) is 2. The van der Waals surface area contributed by atoms with E-state index < -0.39 is 0 Å². The molecule has 1 spiro atoms. The SMILES string of the molecule is CCn1c(=O)c2cnc(Nc3ccc4c(c3)CCNC43CCC3)nc2n1-c1ccnc(C(C)(C)C)c1. The van der Waals surface area contributed by atoms with Crippen LogP contribution in [0.1, 0.15) is 63.8 Å². The second kappa shape index (κ2) is 8.27. The van der Waals surface area contributed by atoms with Gasteiger partial charge in [-0.3, -0.25) is 9.78 Å². The van der Waals surface area contributed by atoms with Crippen LogP contribution in [0.25, 0.3) is 16.7 Å². The van der Waals surface area contributed by atoms with Crippen LogP contribution in [0.3, 0.4) is 0 Å². The molecule has 0 unspecified atom stereocenters. The molecule has 1 saturated carbocycles. The zero-order valence-corrected chi connectivity index (χ0v) is 21.4. The highest BCUT2D eigenvalue weighted by Gasteiger charge is 2.41. The maximum atomic E-state index is 13.2. The average molecular weight is 484 g/mol. The van der Waals surface area contributed by atoms with Gasteiger partial charge < -0.3 is 10.6 Å². The summed E-state index contributed by atoms with van der Waals surface area (Å²) in [5.41, 5.74) is 6.16. The van der Waals surface area contributed by atoms with E-state index in [1.807, 2.05) is 23.7 Å². The van der Waals surface area contributed by atoms with E-state index in [1.54, 1.807) is 17.1 Å². The van der Waals surface area contributed by atoms with E-state index in [0.717, 1.165) is 30.0 Å². The minimum Gasteiger partial charge on any atom is -0.324 e. The number of rotatable bonds is 4. The van der Waals surface area contributed by atoms with E-state index >= 15 is 0 Å². The van der Waals surface area contributed by atoms with Crippen LogP contribution in [-0.2, 0) is 23.9 Å². The molecule has 2 aliphatic rings. The molecular formula is C28H33N7O. The molecule has 1 aliphatic carbocycles. The Balaban J connectivity index is 1.41.